The van der Waals surface area contributed by atoms with E-state index in [1.165, 1.54) is 6.07 Å². The van der Waals surface area contributed by atoms with Crippen LogP contribution in [0.3, 0.4) is 0 Å². The van der Waals surface area contributed by atoms with E-state index in [1.54, 1.807) is 17.0 Å². The Morgan fingerprint density at radius 1 is 1.48 bits per heavy atom. The van der Waals surface area contributed by atoms with Crippen molar-refractivity contribution in [1.29, 1.82) is 0 Å². The molecule has 0 spiro atoms. The molecule has 0 aromatic heterocycles. The van der Waals surface area contributed by atoms with E-state index >= 15 is 0 Å². The predicted octanol–water partition coefficient (Wildman–Crippen LogP) is 3.45. The Morgan fingerprint density at radius 2 is 2.24 bits per heavy atom. The summed E-state index contributed by atoms with van der Waals surface area (Å²) in [4.78, 5) is 14.1. The maximum Gasteiger partial charge on any atom is 0.223 e. The minimum atomic E-state index is -0.276. The van der Waals surface area contributed by atoms with E-state index in [0.29, 0.717) is 25.1 Å². The van der Waals surface area contributed by atoms with Gasteiger partial charge >= 0.3 is 0 Å². The van der Waals surface area contributed by atoms with Crippen molar-refractivity contribution >= 4 is 21.8 Å². The Balaban J connectivity index is 2.01. The van der Waals surface area contributed by atoms with Gasteiger partial charge in [0.15, 0.2) is 0 Å². The lowest BCUT2D eigenvalue weighted by Gasteiger charge is -2.24. The SMILES string of the molecule is CCN(Cc1cc(Br)ccc1F)C(=O)C[C@@H]1CCC[C@H]1N. The zero-order valence-electron chi connectivity index (χ0n) is 12.3. The summed E-state index contributed by atoms with van der Waals surface area (Å²) >= 11 is 3.34. The quantitative estimate of drug-likeness (QED) is 0.877. The number of benzene rings is 1. The summed E-state index contributed by atoms with van der Waals surface area (Å²) in [6.45, 7) is 2.80. The molecule has 116 valence electrons. The van der Waals surface area contributed by atoms with Crippen molar-refractivity contribution in [3.05, 3.63) is 34.1 Å². The highest BCUT2D eigenvalue weighted by Crippen LogP contribution is 2.27. The smallest absolute Gasteiger partial charge is 0.223 e. The van der Waals surface area contributed by atoms with Crippen LogP contribution in [0.15, 0.2) is 22.7 Å². The second kappa shape index (κ2) is 7.36. The predicted molar refractivity (Wildman–Crippen MR) is 85.1 cm³/mol. The van der Waals surface area contributed by atoms with E-state index in [-0.39, 0.29) is 23.7 Å². The molecule has 2 atom stereocenters. The van der Waals surface area contributed by atoms with Crippen LogP contribution in [0.4, 0.5) is 4.39 Å². The van der Waals surface area contributed by atoms with Crippen molar-refractivity contribution < 1.29 is 9.18 Å². The summed E-state index contributed by atoms with van der Waals surface area (Å²) in [7, 11) is 0. The maximum absolute atomic E-state index is 13.8. The van der Waals surface area contributed by atoms with E-state index < -0.39 is 0 Å². The number of halogens is 2. The number of amides is 1. The first-order valence-electron chi connectivity index (χ1n) is 7.48. The molecule has 0 saturated heterocycles. The van der Waals surface area contributed by atoms with Crippen LogP contribution >= 0.6 is 15.9 Å². The zero-order chi connectivity index (χ0) is 15.4. The molecule has 1 fully saturated rings. The maximum atomic E-state index is 13.8. The van der Waals surface area contributed by atoms with Gasteiger partial charge in [0.1, 0.15) is 5.82 Å². The van der Waals surface area contributed by atoms with Gasteiger partial charge in [-0.15, -0.1) is 0 Å². The first-order chi connectivity index (χ1) is 10.0. The van der Waals surface area contributed by atoms with Gasteiger partial charge < -0.3 is 10.6 Å². The lowest BCUT2D eigenvalue weighted by atomic mass is 9.99. The molecule has 0 heterocycles. The van der Waals surface area contributed by atoms with Crippen LogP contribution in [0.5, 0.6) is 0 Å². The molecule has 2 N–H and O–H groups in total. The highest BCUT2D eigenvalue weighted by molar-refractivity contribution is 9.10. The summed E-state index contributed by atoms with van der Waals surface area (Å²) in [5.74, 6) is 0.0696. The molecule has 0 aliphatic heterocycles. The van der Waals surface area contributed by atoms with Crippen LogP contribution in [0, 0.1) is 11.7 Å². The second-order valence-electron chi connectivity index (χ2n) is 5.70. The van der Waals surface area contributed by atoms with Gasteiger partial charge in [0.05, 0.1) is 0 Å². The molecule has 0 bridgehead atoms. The number of hydrogen-bond acceptors (Lipinski definition) is 2. The average Bonchev–Trinajstić information content (AvgIpc) is 2.85. The minimum Gasteiger partial charge on any atom is -0.339 e. The number of hydrogen-bond donors (Lipinski definition) is 1. The molecule has 1 saturated carbocycles. The second-order valence-corrected chi connectivity index (χ2v) is 6.62. The fourth-order valence-electron chi connectivity index (χ4n) is 2.92. The zero-order valence-corrected chi connectivity index (χ0v) is 13.9. The van der Waals surface area contributed by atoms with Crippen molar-refractivity contribution in [1.82, 2.24) is 4.90 Å². The fraction of sp³-hybridized carbons (Fsp3) is 0.562. The van der Waals surface area contributed by atoms with Gasteiger partial charge in [-0.25, -0.2) is 4.39 Å². The lowest BCUT2D eigenvalue weighted by Crippen LogP contribution is -2.35. The van der Waals surface area contributed by atoms with E-state index in [9.17, 15) is 9.18 Å². The van der Waals surface area contributed by atoms with Crippen molar-refractivity contribution in [2.75, 3.05) is 6.54 Å². The molecule has 3 nitrogen and oxygen atoms in total. The van der Waals surface area contributed by atoms with Crippen molar-refractivity contribution in [2.45, 2.75) is 45.2 Å². The number of rotatable bonds is 5. The van der Waals surface area contributed by atoms with E-state index in [0.717, 1.165) is 23.7 Å². The number of nitrogens with two attached hydrogens (primary N) is 1. The van der Waals surface area contributed by atoms with Gasteiger partial charge in [0.25, 0.3) is 0 Å². The average molecular weight is 357 g/mol. The van der Waals surface area contributed by atoms with Gasteiger partial charge in [0, 0.05) is 35.6 Å². The highest BCUT2D eigenvalue weighted by atomic mass is 79.9. The van der Waals surface area contributed by atoms with Crippen LogP contribution in [0.1, 0.15) is 38.2 Å². The first kappa shape index (κ1) is 16.4. The standard InChI is InChI=1S/C16H22BrFN2O/c1-2-20(10-12-8-13(17)6-7-14(12)18)16(21)9-11-4-3-5-15(11)19/h6-8,11,15H,2-5,9-10,19H2,1H3/t11-,15+/m0/s1. The van der Waals surface area contributed by atoms with Crippen LogP contribution < -0.4 is 5.73 Å². The Morgan fingerprint density at radius 3 is 2.86 bits per heavy atom. The summed E-state index contributed by atoms with van der Waals surface area (Å²) in [5, 5.41) is 0. The van der Waals surface area contributed by atoms with Gasteiger partial charge in [-0.1, -0.05) is 22.4 Å². The molecule has 1 aliphatic carbocycles. The van der Waals surface area contributed by atoms with Crippen LogP contribution in [-0.2, 0) is 11.3 Å². The summed E-state index contributed by atoms with van der Waals surface area (Å²) in [6, 6.07) is 4.95. The van der Waals surface area contributed by atoms with Gasteiger partial charge in [-0.2, -0.15) is 0 Å². The van der Waals surface area contributed by atoms with Crippen molar-refractivity contribution in [3.63, 3.8) is 0 Å². The molecule has 1 aromatic carbocycles. The molecule has 5 heteroatoms. The molecular weight excluding hydrogens is 335 g/mol. The summed E-state index contributed by atoms with van der Waals surface area (Å²) in [6.07, 6.45) is 3.61. The number of nitrogens with zero attached hydrogens (tertiary/aromatic N) is 1. The normalized spacial score (nSPS) is 21.5. The van der Waals surface area contributed by atoms with Crippen molar-refractivity contribution in [3.8, 4) is 0 Å². The Hall–Kier alpha value is -0.940. The van der Waals surface area contributed by atoms with Crippen LogP contribution in [0.2, 0.25) is 0 Å². The van der Waals surface area contributed by atoms with Crippen molar-refractivity contribution in [2.24, 2.45) is 11.7 Å². The minimum absolute atomic E-state index is 0.0687. The highest BCUT2D eigenvalue weighted by Gasteiger charge is 2.27. The molecule has 1 amide bonds. The lowest BCUT2D eigenvalue weighted by molar-refractivity contribution is -0.132. The number of carbonyl (C=O) groups is 1. The Labute approximate surface area is 133 Å². The van der Waals surface area contributed by atoms with Crippen LogP contribution in [-0.4, -0.2) is 23.4 Å². The summed E-state index contributed by atoms with van der Waals surface area (Å²) < 4.78 is 14.6. The van der Waals surface area contributed by atoms with Crippen LogP contribution in [0.25, 0.3) is 0 Å². The fourth-order valence-corrected chi connectivity index (χ4v) is 3.33. The van der Waals surface area contributed by atoms with Gasteiger partial charge in [0.2, 0.25) is 5.91 Å². The molecular formula is C16H22BrFN2O. The molecule has 2 rings (SSSR count). The Bertz CT molecular complexity index is 509. The van der Waals surface area contributed by atoms with E-state index in [4.69, 9.17) is 5.73 Å². The molecule has 1 aliphatic rings. The molecule has 0 unspecified atom stereocenters. The number of carbonyl (C=O) groups excluding carboxylic acids is 1. The third-order valence-electron chi connectivity index (χ3n) is 4.26. The molecule has 0 radical (unpaired) electrons. The third kappa shape index (κ3) is 4.27. The largest absolute Gasteiger partial charge is 0.339 e. The first-order valence-corrected chi connectivity index (χ1v) is 8.27. The van der Waals surface area contributed by atoms with E-state index in [1.807, 2.05) is 6.92 Å². The third-order valence-corrected chi connectivity index (χ3v) is 4.75. The summed E-state index contributed by atoms with van der Waals surface area (Å²) in [5.41, 5.74) is 6.57. The molecule has 21 heavy (non-hydrogen) atoms. The van der Waals surface area contributed by atoms with Gasteiger partial charge in [-0.3, -0.25) is 4.79 Å². The van der Waals surface area contributed by atoms with E-state index in [2.05, 4.69) is 15.9 Å². The van der Waals surface area contributed by atoms with Gasteiger partial charge in [-0.05, 0) is 43.9 Å². The monoisotopic (exact) mass is 356 g/mol. The molecule has 1 aromatic rings. The topological polar surface area (TPSA) is 46.3 Å². The Kier molecular flexibility index (Phi) is 5.76.